The number of rotatable bonds is 3. The quantitative estimate of drug-likeness (QED) is 0.872. The third kappa shape index (κ3) is 4.16. The first kappa shape index (κ1) is 15.9. The summed E-state index contributed by atoms with van der Waals surface area (Å²) in [4.78, 5) is 16.2. The van der Waals surface area contributed by atoms with Gasteiger partial charge in [0.15, 0.2) is 0 Å². The number of nitrogens with one attached hydrogen (secondary N) is 2. The Hall–Kier alpha value is -1.17. The predicted molar refractivity (Wildman–Crippen MR) is 75.2 cm³/mol. The molecule has 0 saturated carbocycles. The number of halogens is 1. The van der Waals surface area contributed by atoms with Crippen molar-refractivity contribution < 1.29 is 9.53 Å². The van der Waals surface area contributed by atoms with Crippen molar-refractivity contribution in [3.05, 3.63) is 30.1 Å². The zero-order chi connectivity index (χ0) is 13.0. The fraction of sp³-hybridized carbons (Fsp3) is 0.538. The molecule has 6 heteroatoms. The van der Waals surface area contributed by atoms with Crippen molar-refractivity contribution in [1.29, 1.82) is 0 Å². The van der Waals surface area contributed by atoms with Crippen molar-refractivity contribution in [2.75, 3.05) is 13.2 Å². The number of pyridine rings is 1. The van der Waals surface area contributed by atoms with Crippen LogP contribution in [0, 0.1) is 0 Å². The van der Waals surface area contributed by atoms with Gasteiger partial charge in [-0.15, -0.1) is 12.4 Å². The maximum atomic E-state index is 12.1. The van der Waals surface area contributed by atoms with Crippen molar-refractivity contribution in [2.45, 2.75) is 32.0 Å². The van der Waals surface area contributed by atoms with Gasteiger partial charge in [0.2, 0.25) is 5.91 Å². The van der Waals surface area contributed by atoms with Gasteiger partial charge in [0.1, 0.15) is 6.04 Å². The number of hydrogen-bond acceptors (Lipinski definition) is 4. The Morgan fingerprint density at radius 3 is 3.05 bits per heavy atom. The SMILES string of the molecule is CC(NC(=O)[C@H]1NCCO[C@@H]1C)c1cccnc1.Cl. The largest absolute Gasteiger partial charge is 0.375 e. The van der Waals surface area contributed by atoms with Crippen LogP contribution in [0.4, 0.5) is 0 Å². The average molecular weight is 286 g/mol. The number of morpholine rings is 1. The van der Waals surface area contributed by atoms with Crippen molar-refractivity contribution in [1.82, 2.24) is 15.6 Å². The van der Waals surface area contributed by atoms with Crippen LogP contribution >= 0.6 is 12.4 Å². The Bertz CT molecular complexity index is 402. The molecule has 1 aliphatic heterocycles. The summed E-state index contributed by atoms with van der Waals surface area (Å²) in [7, 11) is 0. The zero-order valence-electron chi connectivity index (χ0n) is 11.1. The van der Waals surface area contributed by atoms with E-state index in [4.69, 9.17) is 4.74 Å². The first-order valence-corrected chi connectivity index (χ1v) is 6.24. The van der Waals surface area contributed by atoms with E-state index < -0.39 is 0 Å². The highest BCUT2D eigenvalue weighted by Gasteiger charge is 2.29. The Morgan fingerprint density at radius 2 is 2.42 bits per heavy atom. The van der Waals surface area contributed by atoms with Gasteiger partial charge in [-0.2, -0.15) is 0 Å². The summed E-state index contributed by atoms with van der Waals surface area (Å²) >= 11 is 0. The second-order valence-electron chi connectivity index (χ2n) is 4.52. The molecule has 1 fully saturated rings. The summed E-state index contributed by atoms with van der Waals surface area (Å²) in [5.74, 6) is -0.0291. The van der Waals surface area contributed by atoms with Gasteiger partial charge in [0.25, 0.3) is 0 Å². The first-order chi connectivity index (χ1) is 8.68. The topological polar surface area (TPSA) is 63.2 Å². The molecule has 1 aromatic heterocycles. The fourth-order valence-corrected chi connectivity index (χ4v) is 2.05. The Kier molecular flexibility index (Phi) is 6.21. The molecule has 0 spiro atoms. The lowest BCUT2D eigenvalue weighted by atomic mass is 10.1. The molecule has 19 heavy (non-hydrogen) atoms. The van der Waals surface area contributed by atoms with Gasteiger partial charge in [-0.3, -0.25) is 9.78 Å². The van der Waals surface area contributed by atoms with Crippen LogP contribution in [-0.2, 0) is 9.53 Å². The van der Waals surface area contributed by atoms with Crippen LogP contribution < -0.4 is 10.6 Å². The molecule has 2 heterocycles. The van der Waals surface area contributed by atoms with E-state index >= 15 is 0 Å². The van der Waals surface area contributed by atoms with Gasteiger partial charge in [-0.05, 0) is 25.5 Å². The summed E-state index contributed by atoms with van der Waals surface area (Å²) in [6.45, 7) is 5.22. The number of carbonyl (C=O) groups excluding carboxylic acids is 1. The molecular weight excluding hydrogens is 266 g/mol. The number of amides is 1. The van der Waals surface area contributed by atoms with Crippen LogP contribution in [0.15, 0.2) is 24.5 Å². The minimum Gasteiger partial charge on any atom is -0.375 e. The highest BCUT2D eigenvalue weighted by molar-refractivity contribution is 5.85. The van der Waals surface area contributed by atoms with E-state index in [9.17, 15) is 4.79 Å². The minimum absolute atomic E-state index is 0. The first-order valence-electron chi connectivity index (χ1n) is 6.24. The Balaban J connectivity index is 0.00000180. The van der Waals surface area contributed by atoms with Crippen molar-refractivity contribution in [3.63, 3.8) is 0 Å². The monoisotopic (exact) mass is 285 g/mol. The second kappa shape index (κ2) is 7.43. The van der Waals surface area contributed by atoms with Crippen LogP contribution in [0.25, 0.3) is 0 Å². The highest BCUT2D eigenvalue weighted by atomic mass is 35.5. The molecule has 2 rings (SSSR count). The van der Waals surface area contributed by atoms with Crippen LogP contribution in [0.2, 0.25) is 0 Å². The van der Waals surface area contributed by atoms with Crippen LogP contribution in [0.3, 0.4) is 0 Å². The number of nitrogens with zero attached hydrogens (tertiary/aromatic N) is 1. The minimum atomic E-state index is -0.280. The third-order valence-corrected chi connectivity index (χ3v) is 3.14. The van der Waals surface area contributed by atoms with Gasteiger partial charge in [-0.1, -0.05) is 6.07 Å². The van der Waals surface area contributed by atoms with E-state index in [0.29, 0.717) is 13.2 Å². The van der Waals surface area contributed by atoms with Gasteiger partial charge >= 0.3 is 0 Å². The standard InChI is InChI=1S/C13H19N3O2.ClH/c1-9(11-4-3-5-14-8-11)16-13(17)12-10(2)18-7-6-15-12;/h3-5,8-10,12,15H,6-7H2,1-2H3,(H,16,17);1H/t9?,10-,12+;/m1./s1. The summed E-state index contributed by atoms with van der Waals surface area (Å²) in [6, 6.07) is 3.48. The molecule has 2 N–H and O–H groups in total. The van der Waals surface area contributed by atoms with E-state index in [1.165, 1.54) is 0 Å². The molecule has 1 amide bonds. The molecule has 0 radical (unpaired) electrons. The van der Waals surface area contributed by atoms with E-state index in [2.05, 4.69) is 15.6 Å². The zero-order valence-corrected chi connectivity index (χ0v) is 11.9. The normalized spacial score (nSPS) is 24.1. The summed E-state index contributed by atoms with van der Waals surface area (Å²) < 4.78 is 5.46. The highest BCUT2D eigenvalue weighted by Crippen LogP contribution is 2.11. The molecule has 1 saturated heterocycles. The van der Waals surface area contributed by atoms with Crippen molar-refractivity contribution in [2.24, 2.45) is 0 Å². The van der Waals surface area contributed by atoms with Crippen molar-refractivity contribution >= 4 is 18.3 Å². The second-order valence-corrected chi connectivity index (χ2v) is 4.52. The third-order valence-electron chi connectivity index (χ3n) is 3.14. The molecule has 1 aliphatic rings. The summed E-state index contributed by atoms with van der Waals surface area (Å²) in [5.41, 5.74) is 0.996. The molecule has 5 nitrogen and oxygen atoms in total. The molecule has 106 valence electrons. The van der Waals surface area contributed by atoms with Gasteiger partial charge in [0, 0.05) is 18.9 Å². The molecule has 3 atom stereocenters. The van der Waals surface area contributed by atoms with Gasteiger partial charge < -0.3 is 15.4 Å². The van der Waals surface area contributed by atoms with Crippen molar-refractivity contribution in [3.8, 4) is 0 Å². The van der Waals surface area contributed by atoms with Crippen LogP contribution in [0.1, 0.15) is 25.5 Å². The van der Waals surface area contributed by atoms with E-state index in [0.717, 1.165) is 5.56 Å². The van der Waals surface area contributed by atoms with Gasteiger partial charge in [-0.25, -0.2) is 0 Å². The average Bonchev–Trinajstić information content (AvgIpc) is 2.40. The summed E-state index contributed by atoms with van der Waals surface area (Å²) in [5, 5.41) is 6.15. The smallest absolute Gasteiger partial charge is 0.240 e. The van der Waals surface area contributed by atoms with Crippen LogP contribution in [0.5, 0.6) is 0 Å². The van der Waals surface area contributed by atoms with E-state index in [-0.39, 0.29) is 36.5 Å². The lowest BCUT2D eigenvalue weighted by Crippen LogP contribution is -2.55. The lowest BCUT2D eigenvalue weighted by molar-refractivity contribution is -0.129. The number of ether oxygens (including phenoxy) is 1. The summed E-state index contributed by atoms with van der Waals surface area (Å²) in [6.07, 6.45) is 3.38. The molecule has 1 unspecified atom stereocenters. The fourth-order valence-electron chi connectivity index (χ4n) is 2.05. The van der Waals surface area contributed by atoms with E-state index in [1.807, 2.05) is 26.0 Å². The maximum absolute atomic E-state index is 12.1. The molecule has 0 bridgehead atoms. The van der Waals surface area contributed by atoms with Gasteiger partial charge in [0.05, 0.1) is 18.8 Å². The number of hydrogen-bond donors (Lipinski definition) is 2. The maximum Gasteiger partial charge on any atom is 0.240 e. The molecule has 0 aliphatic carbocycles. The predicted octanol–water partition coefficient (Wildman–Crippen LogP) is 1.06. The number of aromatic nitrogens is 1. The Labute approximate surface area is 119 Å². The molecule has 0 aromatic carbocycles. The lowest BCUT2D eigenvalue weighted by Gasteiger charge is -2.30. The van der Waals surface area contributed by atoms with E-state index in [1.54, 1.807) is 12.4 Å². The molecule has 1 aromatic rings. The van der Waals surface area contributed by atoms with Crippen LogP contribution in [-0.4, -0.2) is 36.2 Å². The number of carbonyl (C=O) groups is 1. The molecular formula is C13H20ClN3O2. The Morgan fingerprint density at radius 1 is 1.63 bits per heavy atom.